The molecule has 1 aromatic carbocycles. The van der Waals surface area contributed by atoms with Crippen LogP contribution in [-0.4, -0.2) is 26.6 Å². The maximum Gasteiger partial charge on any atom is 0.259 e. The van der Waals surface area contributed by atoms with Crippen molar-refractivity contribution in [1.29, 1.82) is 0 Å². The highest BCUT2D eigenvalue weighted by Crippen LogP contribution is 2.19. The van der Waals surface area contributed by atoms with Crippen molar-refractivity contribution in [2.24, 2.45) is 0 Å². The van der Waals surface area contributed by atoms with Crippen LogP contribution >= 0.6 is 11.3 Å². The molecule has 0 saturated heterocycles. The first-order chi connectivity index (χ1) is 10.1. The van der Waals surface area contributed by atoms with Gasteiger partial charge in [-0.25, -0.2) is 4.98 Å². The third-order valence-corrected chi connectivity index (χ3v) is 3.59. The number of thiazole rings is 1. The van der Waals surface area contributed by atoms with E-state index >= 15 is 0 Å². The predicted molar refractivity (Wildman–Crippen MR) is 79.6 cm³/mol. The van der Waals surface area contributed by atoms with Crippen molar-refractivity contribution >= 4 is 39.2 Å². The average molecular weight is 298 g/mol. The van der Waals surface area contributed by atoms with Gasteiger partial charge in [0.25, 0.3) is 5.91 Å². The van der Waals surface area contributed by atoms with Crippen molar-refractivity contribution in [2.75, 3.05) is 5.32 Å². The van der Waals surface area contributed by atoms with Crippen LogP contribution in [0.15, 0.2) is 36.0 Å². The molecule has 0 radical (unpaired) electrons. The molecule has 1 N–H and O–H groups in total. The largest absolute Gasteiger partial charge is 0.298 e. The van der Waals surface area contributed by atoms with E-state index in [-0.39, 0.29) is 11.7 Å². The van der Waals surface area contributed by atoms with Gasteiger partial charge in [0.1, 0.15) is 11.2 Å². The SMILES string of the molecule is CC(=O)c1csc(NC(=O)c2cccc3nccnc23)n1. The van der Waals surface area contributed by atoms with Gasteiger partial charge in [-0.15, -0.1) is 11.3 Å². The molecule has 0 aliphatic rings. The van der Waals surface area contributed by atoms with E-state index in [0.29, 0.717) is 27.4 Å². The molecule has 0 fully saturated rings. The number of anilines is 1. The molecule has 0 aliphatic heterocycles. The van der Waals surface area contributed by atoms with Crippen molar-refractivity contribution in [3.8, 4) is 0 Å². The minimum atomic E-state index is -0.328. The Hall–Kier alpha value is -2.67. The van der Waals surface area contributed by atoms with Crippen molar-refractivity contribution < 1.29 is 9.59 Å². The molecule has 3 aromatic rings. The molecule has 2 heterocycles. The molecule has 2 aromatic heterocycles. The first-order valence-electron chi connectivity index (χ1n) is 6.12. The van der Waals surface area contributed by atoms with E-state index in [1.54, 1.807) is 29.8 Å². The van der Waals surface area contributed by atoms with Crippen molar-refractivity contribution in [1.82, 2.24) is 15.0 Å². The molecule has 6 nitrogen and oxygen atoms in total. The highest BCUT2D eigenvalue weighted by Gasteiger charge is 2.14. The summed E-state index contributed by atoms with van der Waals surface area (Å²) < 4.78 is 0. The quantitative estimate of drug-likeness (QED) is 0.751. The first-order valence-corrected chi connectivity index (χ1v) is 7.00. The van der Waals surface area contributed by atoms with Crippen LogP contribution in [0, 0.1) is 0 Å². The molecule has 0 aliphatic carbocycles. The molecule has 1 amide bonds. The summed E-state index contributed by atoms with van der Waals surface area (Å²) in [5.41, 5.74) is 1.93. The molecule has 21 heavy (non-hydrogen) atoms. The molecule has 3 rings (SSSR count). The van der Waals surface area contributed by atoms with Gasteiger partial charge >= 0.3 is 0 Å². The van der Waals surface area contributed by atoms with Gasteiger partial charge in [-0.1, -0.05) is 6.07 Å². The standard InChI is InChI=1S/C14H10N4O2S/c1-8(19)11-7-21-14(17-11)18-13(20)9-3-2-4-10-12(9)16-6-5-15-10/h2-7H,1H3,(H,17,18,20). The third kappa shape index (κ3) is 2.63. The van der Waals surface area contributed by atoms with Crippen molar-refractivity contribution in [3.05, 3.63) is 47.2 Å². The smallest absolute Gasteiger partial charge is 0.259 e. The maximum absolute atomic E-state index is 12.3. The zero-order valence-electron chi connectivity index (χ0n) is 11.0. The number of aromatic nitrogens is 3. The minimum absolute atomic E-state index is 0.136. The van der Waals surface area contributed by atoms with Gasteiger partial charge in [0.2, 0.25) is 0 Å². The molecule has 0 saturated carbocycles. The molecule has 0 atom stereocenters. The lowest BCUT2D eigenvalue weighted by atomic mass is 10.1. The van der Waals surface area contributed by atoms with Gasteiger partial charge in [0, 0.05) is 24.7 Å². The van der Waals surface area contributed by atoms with Gasteiger partial charge in [-0.2, -0.15) is 0 Å². The van der Waals surface area contributed by atoms with E-state index in [0.717, 1.165) is 0 Å². The number of nitrogens with zero attached hydrogens (tertiary/aromatic N) is 3. The van der Waals surface area contributed by atoms with E-state index in [9.17, 15) is 9.59 Å². The number of rotatable bonds is 3. The van der Waals surface area contributed by atoms with E-state index in [1.165, 1.54) is 24.5 Å². The Morgan fingerprint density at radius 1 is 1.19 bits per heavy atom. The predicted octanol–water partition coefficient (Wildman–Crippen LogP) is 2.54. The van der Waals surface area contributed by atoms with E-state index in [4.69, 9.17) is 0 Å². The monoisotopic (exact) mass is 298 g/mol. The van der Waals surface area contributed by atoms with Crippen LogP contribution in [0.2, 0.25) is 0 Å². The second-order valence-electron chi connectivity index (χ2n) is 4.28. The Labute approximate surface area is 123 Å². The summed E-state index contributed by atoms with van der Waals surface area (Å²) in [5, 5.41) is 4.67. The van der Waals surface area contributed by atoms with Crippen LogP contribution in [0.5, 0.6) is 0 Å². The van der Waals surface area contributed by atoms with Gasteiger partial charge in [0.15, 0.2) is 10.9 Å². The number of carbonyl (C=O) groups excluding carboxylic acids is 2. The molecule has 0 bridgehead atoms. The van der Waals surface area contributed by atoms with E-state index in [1.807, 2.05) is 0 Å². The zero-order valence-corrected chi connectivity index (χ0v) is 11.8. The summed E-state index contributed by atoms with van der Waals surface area (Å²) in [6, 6.07) is 5.21. The number of nitrogens with one attached hydrogen (secondary N) is 1. The Balaban J connectivity index is 1.91. The number of hydrogen-bond donors (Lipinski definition) is 1. The normalized spacial score (nSPS) is 10.5. The number of amides is 1. The number of para-hydroxylation sites is 1. The first kappa shape index (κ1) is 13.3. The van der Waals surface area contributed by atoms with Crippen LogP contribution in [0.1, 0.15) is 27.8 Å². The van der Waals surface area contributed by atoms with E-state index < -0.39 is 0 Å². The Kier molecular flexibility index (Phi) is 3.41. The number of Topliss-reactive ketones (excluding diaryl/α,β-unsaturated/α-hetero) is 1. The number of fused-ring (bicyclic) bond motifs is 1. The maximum atomic E-state index is 12.3. The summed E-state index contributed by atoms with van der Waals surface area (Å²) in [5.74, 6) is -0.465. The number of carbonyl (C=O) groups is 2. The minimum Gasteiger partial charge on any atom is -0.298 e. The van der Waals surface area contributed by atoms with Gasteiger partial charge in [0.05, 0.1) is 11.1 Å². The fourth-order valence-electron chi connectivity index (χ4n) is 1.83. The summed E-state index contributed by atoms with van der Waals surface area (Å²) in [7, 11) is 0. The highest BCUT2D eigenvalue weighted by molar-refractivity contribution is 7.14. The van der Waals surface area contributed by atoms with E-state index in [2.05, 4.69) is 20.3 Å². The van der Waals surface area contributed by atoms with Gasteiger partial charge in [-0.3, -0.25) is 24.9 Å². The molecule has 0 unspecified atom stereocenters. The lowest BCUT2D eigenvalue weighted by molar-refractivity contribution is 0.100. The third-order valence-electron chi connectivity index (χ3n) is 2.83. The van der Waals surface area contributed by atoms with Crippen LogP contribution in [0.3, 0.4) is 0 Å². The lowest BCUT2D eigenvalue weighted by Crippen LogP contribution is -2.13. The Bertz CT molecular complexity index is 838. The average Bonchev–Trinajstić information content (AvgIpc) is 2.95. The summed E-state index contributed by atoms with van der Waals surface area (Å²) in [6.07, 6.45) is 3.11. The zero-order chi connectivity index (χ0) is 14.8. The second kappa shape index (κ2) is 5.37. The lowest BCUT2D eigenvalue weighted by Gasteiger charge is -2.04. The molecule has 0 spiro atoms. The second-order valence-corrected chi connectivity index (χ2v) is 5.14. The van der Waals surface area contributed by atoms with Crippen LogP contribution in [0.25, 0.3) is 11.0 Å². The fraction of sp³-hybridized carbons (Fsp3) is 0.0714. The number of ketones is 1. The van der Waals surface area contributed by atoms with Crippen molar-refractivity contribution in [2.45, 2.75) is 6.92 Å². The Morgan fingerprint density at radius 2 is 2.00 bits per heavy atom. The van der Waals surface area contributed by atoms with Crippen LogP contribution in [-0.2, 0) is 0 Å². The highest BCUT2D eigenvalue weighted by atomic mass is 32.1. The molecule has 104 valence electrons. The van der Waals surface area contributed by atoms with Gasteiger partial charge < -0.3 is 0 Å². The molecular formula is C14H10N4O2S. The van der Waals surface area contributed by atoms with Crippen LogP contribution < -0.4 is 5.32 Å². The molecule has 7 heteroatoms. The topological polar surface area (TPSA) is 84.8 Å². The van der Waals surface area contributed by atoms with Crippen LogP contribution in [0.4, 0.5) is 5.13 Å². The van der Waals surface area contributed by atoms with Gasteiger partial charge in [-0.05, 0) is 12.1 Å². The number of hydrogen-bond acceptors (Lipinski definition) is 6. The summed E-state index contributed by atoms with van der Waals surface area (Å²) >= 11 is 1.21. The summed E-state index contributed by atoms with van der Waals surface area (Å²) in [4.78, 5) is 35.9. The fourth-order valence-corrected chi connectivity index (χ4v) is 2.58. The Morgan fingerprint density at radius 3 is 2.76 bits per heavy atom. The van der Waals surface area contributed by atoms with Crippen molar-refractivity contribution in [3.63, 3.8) is 0 Å². The number of benzene rings is 1. The summed E-state index contributed by atoms with van der Waals surface area (Å²) in [6.45, 7) is 1.43. The molecular weight excluding hydrogens is 288 g/mol.